The third-order valence-corrected chi connectivity index (χ3v) is 6.13. The minimum Gasteiger partial charge on any atom is -0.481 e. The van der Waals surface area contributed by atoms with E-state index in [9.17, 15) is 27.5 Å². The summed E-state index contributed by atoms with van der Waals surface area (Å²) in [6.07, 6.45) is 3.57. The Morgan fingerprint density at radius 2 is 1.73 bits per heavy atom. The lowest BCUT2D eigenvalue weighted by Crippen LogP contribution is -2.44. The summed E-state index contributed by atoms with van der Waals surface area (Å²) in [5.41, 5.74) is -0.929. The van der Waals surface area contributed by atoms with E-state index < -0.39 is 33.1 Å². The van der Waals surface area contributed by atoms with E-state index in [1.807, 2.05) is 0 Å². The van der Waals surface area contributed by atoms with Gasteiger partial charge in [0.2, 0.25) is 15.9 Å². The van der Waals surface area contributed by atoms with E-state index >= 15 is 0 Å². The van der Waals surface area contributed by atoms with Crippen molar-refractivity contribution in [3.8, 4) is 0 Å². The summed E-state index contributed by atoms with van der Waals surface area (Å²) in [4.78, 5) is 23.4. The largest absolute Gasteiger partial charge is 0.481 e. The van der Waals surface area contributed by atoms with E-state index in [-0.39, 0.29) is 24.4 Å². The molecule has 0 radical (unpaired) electrons. The van der Waals surface area contributed by atoms with Crippen LogP contribution in [0, 0.1) is 11.2 Å². The minimum absolute atomic E-state index is 0.0475. The maximum Gasteiger partial charge on any atom is 0.311 e. The van der Waals surface area contributed by atoms with Gasteiger partial charge in [-0.3, -0.25) is 9.59 Å². The van der Waals surface area contributed by atoms with Gasteiger partial charge in [0.05, 0.1) is 10.3 Å². The maximum atomic E-state index is 12.8. The second-order valence-electron chi connectivity index (χ2n) is 6.52. The van der Waals surface area contributed by atoms with Crippen molar-refractivity contribution in [2.75, 3.05) is 13.1 Å². The molecule has 0 unspecified atom stereocenters. The van der Waals surface area contributed by atoms with E-state index in [1.165, 1.54) is 0 Å². The fourth-order valence-electron chi connectivity index (χ4n) is 3.05. The molecule has 7 nitrogen and oxygen atoms in total. The Kier molecular flexibility index (Phi) is 6.71. The number of hydrogen-bond donors (Lipinski definition) is 3. The first-order chi connectivity index (χ1) is 12.3. The number of carboxylic acids is 1. The van der Waals surface area contributed by atoms with Crippen molar-refractivity contribution in [1.82, 2.24) is 10.0 Å². The number of carboxylic acid groups (broad SMARTS) is 1. The summed E-state index contributed by atoms with van der Waals surface area (Å²) >= 11 is 0. The number of carbonyl (C=O) groups excluding carboxylic acids is 1. The lowest BCUT2D eigenvalue weighted by Gasteiger charge is -2.33. The molecule has 0 heterocycles. The predicted molar refractivity (Wildman–Crippen MR) is 92.4 cm³/mol. The van der Waals surface area contributed by atoms with E-state index in [0.717, 1.165) is 43.5 Å². The molecule has 1 aliphatic rings. The van der Waals surface area contributed by atoms with E-state index in [0.29, 0.717) is 12.8 Å². The molecular formula is C17H23FN2O5S. The molecule has 1 fully saturated rings. The molecule has 1 saturated carbocycles. The second-order valence-corrected chi connectivity index (χ2v) is 8.29. The van der Waals surface area contributed by atoms with Gasteiger partial charge in [-0.15, -0.1) is 0 Å². The van der Waals surface area contributed by atoms with Gasteiger partial charge >= 0.3 is 5.97 Å². The Balaban J connectivity index is 1.81. The van der Waals surface area contributed by atoms with Gasteiger partial charge in [-0.1, -0.05) is 19.3 Å². The first-order valence-corrected chi connectivity index (χ1v) is 9.99. The highest BCUT2D eigenvalue weighted by Crippen LogP contribution is 2.35. The monoisotopic (exact) mass is 386 g/mol. The lowest BCUT2D eigenvalue weighted by molar-refractivity contribution is -0.151. The number of carbonyl (C=O) groups is 2. The predicted octanol–water partition coefficient (Wildman–Crippen LogP) is 1.65. The highest BCUT2D eigenvalue weighted by atomic mass is 32.2. The van der Waals surface area contributed by atoms with Crippen molar-refractivity contribution in [3.05, 3.63) is 30.1 Å². The molecule has 0 bridgehead atoms. The van der Waals surface area contributed by atoms with Crippen LogP contribution in [0.15, 0.2) is 29.2 Å². The Hall–Kier alpha value is -2.00. The number of sulfonamides is 1. The Morgan fingerprint density at radius 1 is 1.12 bits per heavy atom. The molecule has 2 rings (SSSR count). The SMILES string of the molecule is O=C(CCNS(=O)(=O)c1ccc(F)cc1)NCC1(C(=O)O)CCCCC1. The quantitative estimate of drug-likeness (QED) is 0.629. The topological polar surface area (TPSA) is 113 Å². The Morgan fingerprint density at radius 3 is 2.31 bits per heavy atom. The van der Waals surface area contributed by atoms with Crippen molar-refractivity contribution in [3.63, 3.8) is 0 Å². The summed E-state index contributed by atoms with van der Waals surface area (Å²) in [6.45, 7) is -0.0858. The van der Waals surface area contributed by atoms with Gasteiger partial charge in [-0.25, -0.2) is 17.5 Å². The zero-order chi connectivity index (χ0) is 19.2. The molecule has 144 valence electrons. The summed E-state index contributed by atoms with van der Waals surface area (Å²) < 4.78 is 39.2. The second kappa shape index (κ2) is 8.59. The van der Waals surface area contributed by atoms with Gasteiger partial charge in [0.25, 0.3) is 0 Å². The van der Waals surface area contributed by atoms with Crippen molar-refractivity contribution in [1.29, 1.82) is 0 Å². The number of rotatable bonds is 8. The van der Waals surface area contributed by atoms with Gasteiger partial charge in [-0.05, 0) is 37.1 Å². The smallest absolute Gasteiger partial charge is 0.311 e. The van der Waals surface area contributed by atoms with Crippen molar-refractivity contribution < 1.29 is 27.5 Å². The normalized spacial score (nSPS) is 16.8. The molecule has 3 N–H and O–H groups in total. The molecule has 0 saturated heterocycles. The van der Waals surface area contributed by atoms with Crippen LogP contribution in [0.1, 0.15) is 38.5 Å². The molecule has 1 amide bonds. The molecule has 0 atom stereocenters. The summed E-state index contributed by atoms with van der Waals surface area (Å²) in [7, 11) is -3.82. The van der Waals surface area contributed by atoms with Crippen LogP contribution in [0.2, 0.25) is 0 Å². The zero-order valence-electron chi connectivity index (χ0n) is 14.3. The number of nitrogens with one attached hydrogen (secondary N) is 2. The molecule has 0 aromatic heterocycles. The summed E-state index contributed by atoms with van der Waals surface area (Å²) in [6, 6.07) is 4.35. The van der Waals surface area contributed by atoms with Crippen LogP contribution < -0.4 is 10.0 Å². The zero-order valence-corrected chi connectivity index (χ0v) is 15.1. The van der Waals surface area contributed by atoms with Crippen LogP contribution in [-0.4, -0.2) is 38.5 Å². The molecular weight excluding hydrogens is 363 g/mol. The van der Waals surface area contributed by atoms with Crippen LogP contribution in [-0.2, 0) is 19.6 Å². The standard InChI is InChI=1S/C17H23FN2O5S/c18-13-4-6-14(7-5-13)26(24,25)20-11-8-15(21)19-12-17(16(22)23)9-2-1-3-10-17/h4-7,20H,1-3,8-12H2,(H,19,21)(H,22,23). The molecule has 26 heavy (non-hydrogen) atoms. The van der Waals surface area contributed by atoms with Crippen LogP contribution in [0.25, 0.3) is 0 Å². The Bertz CT molecular complexity index is 743. The van der Waals surface area contributed by atoms with Gasteiger partial charge in [-0.2, -0.15) is 0 Å². The van der Waals surface area contributed by atoms with Gasteiger partial charge < -0.3 is 10.4 Å². The molecule has 0 aliphatic heterocycles. The summed E-state index contributed by atoms with van der Waals surface area (Å²) in [5.74, 6) is -1.87. The van der Waals surface area contributed by atoms with Gasteiger partial charge in [0.15, 0.2) is 0 Å². The van der Waals surface area contributed by atoms with Crippen molar-refractivity contribution >= 4 is 21.9 Å². The number of benzene rings is 1. The first-order valence-electron chi connectivity index (χ1n) is 8.51. The minimum atomic E-state index is -3.82. The van der Waals surface area contributed by atoms with Crippen LogP contribution in [0.4, 0.5) is 4.39 Å². The molecule has 0 spiro atoms. The fraction of sp³-hybridized carbons (Fsp3) is 0.529. The van der Waals surface area contributed by atoms with Crippen molar-refractivity contribution in [2.24, 2.45) is 5.41 Å². The Labute approximate surface area is 152 Å². The van der Waals surface area contributed by atoms with Crippen LogP contribution in [0.5, 0.6) is 0 Å². The number of amides is 1. The molecule has 1 aromatic carbocycles. The third-order valence-electron chi connectivity index (χ3n) is 4.66. The van der Waals surface area contributed by atoms with Crippen LogP contribution in [0.3, 0.4) is 0 Å². The molecule has 1 aliphatic carbocycles. The number of halogens is 1. The van der Waals surface area contributed by atoms with Crippen LogP contribution >= 0.6 is 0 Å². The molecule has 9 heteroatoms. The lowest BCUT2D eigenvalue weighted by atomic mass is 9.74. The highest BCUT2D eigenvalue weighted by Gasteiger charge is 2.39. The highest BCUT2D eigenvalue weighted by molar-refractivity contribution is 7.89. The van der Waals surface area contributed by atoms with Gasteiger partial charge in [0.1, 0.15) is 5.82 Å². The van der Waals surface area contributed by atoms with Gasteiger partial charge in [0, 0.05) is 19.5 Å². The average Bonchev–Trinajstić information content (AvgIpc) is 2.61. The fourth-order valence-corrected chi connectivity index (χ4v) is 4.08. The van der Waals surface area contributed by atoms with E-state index in [4.69, 9.17) is 0 Å². The molecule has 1 aromatic rings. The van der Waals surface area contributed by atoms with Crippen molar-refractivity contribution in [2.45, 2.75) is 43.4 Å². The number of aliphatic carboxylic acids is 1. The van der Waals surface area contributed by atoms with E-state index in [1.54, 1.807) is 0 Å². The third kappa shape index (κ3) is 5.25. The number of hydrogen-bond acceptors (Lipinski definition) is 4. The first kappa shape index (κ1) is 20.3. The van der Waals surface area contributed by atoms with E-state index in [2.05, 4.69) is 10.0 Å². The maximum absolute atomic E-state index is 12.8. The summed E-state index contributed by atoms with van der Waals surface area (Å²) in [5, 5.41) is 12.1. The average molecular weight is 386 g/mol.